The molecule has 0 radical (unpaired) electrons. The van der Waals surface area contributed by atoms with E-state index in [4.69, 9.17) is 9.68 Å². The Balaban J connectivity index is 1.71. The van der Waals surface area contributed by atoms with Crippen molar-refractivity contribution in [1.82, 2.24) is 14.6 Å². The molecule has 3 aromatic heterocycles. The molecule has 1 amide bonds. The molecule has 0 bridgehead atoms. The van der Waals surface area contributed by atoms with Gasteiger partial charge in [-0.25, -0.2) is 4.98 Å². The molecule has 3 N–H and O–H groups in total. The molecule has 0 aliphatic heterocycles. The number of hydrogen-bond acceptors (Lipinski definition) is 7. The van der Waals surface area contributed by atoms with Crippen LogP contribution in [-0.2, 0) is 4.79 Å². The number of anilines is 4. The van der Waals surface area contributed by atoms with Gasteiger partial charge in [-0.2, -0.15) is 14.9 Å². The third-order valence-electron chi connectivity index (χ3n) is 4.22. The Labute approximate surface area is 160 Å². The van der Waals surface area contributed by atoms with Gasteiger partial charge in [-0.15, -0.1) is 0 Å². The van der Waals surface area contributed by atoms with Gasteiger partial charge in [0.25, 0.3) is 0 Å². The van der Waals surface area contributed by atoms with Crippen LogP contribution >= 0.6 is 0 Å². The van der Waals surface area contributed by atoms with E-state index in [9.17, 15) is 4.79 Å². The second-order valence-electron chi connectivity index (χ2n) is 6.04. The molecule has 0 saturated carbocycles. The summed E-state index contributed by atoms with van der Waals surface area (Å²) in [5, 5.41) is 23.0. The summed E-state index contributed by atoms with van der Waals surface area (Å²) in [6, 6.07) is 11.4. The number of carbonyl (C=O) groups excluding carboxylic acids is 1. The van der Waals surface area contributed by atoms with Crippen molar-refractivity contribution in [1.29, 1.82) is 5.26 Å². The number of nitriles is 1. The highest BCUT2D eigenvalue weighted by Gasteiger charge is 2.14. The van der Waals surface area contributed by atoms with Crippen molar-refractivity contribution in [2.45, 2.75) is 12.8 Å². The van der Waals surface area contributed by atoms with E-state index in [1.54, 1.807) is 17.8 Å². The molecule has 0 spiro atoms. The topological polar surface area (TPSA) is 120 Å². The molecule has 0 aliphatic rings. The highest BCUT2D eigenvalue weighted by molar-refractivity contribution is 5.95. The van der Waals surface area contributed by atoms with Crippen LogP contribution in [0.1, 0.15) is 12.8 Å². The summed E-state index contributed by atoms with van der Waals surface area (Å²) in [6.45, 7) is 0. The third kappa shape index (κ3) is 3.19. The number of nitrogens with zero attached hydrogens (tertiary/aromatic N) is 4. The maximum atomic E-state index is 12.0. The number of aromatic nitrogens is 3. The summed E-state index contributed by atoms with van der Waals surface area (Å²) in [4.78, 5) is 16.6. The Bertz CT molecular complexity index is 1200. The predicted octanol–water partition coefficient (Wildman–Crippen LogP) is 3.50. The van der Waals surface area contributed by atoms with Gasteiger partial charge in [-0.05, 0) is 18.2 Å². The Kier molecular flexibility index (Phi) is 4.51. The molecule has 9 nitrogen and oxygen atoms in total. The highest BCUT2D eigenvalue weighted by Crippen LogP contribution is 2.29. The monoisotopic (exact) mass is 375 g/mol. The Hall–Kier alpha value is -4.06. The summed E-state index contributed by atoms with van der Waals surface area (Å²) in [5.74, 6) is 1.02. The van der Waals surface area contributed by atoms with Gasteiger partial charge in [-0.1, -0.05) is 6.07 Å². The minimum absolute atomic E-state index is 0.118. The minimum atomic E-state index is -0.259. The fraction of sp³-hybridized carbons (Fsp3) is 0.158. The highest BCUT2D eigenvalue weighted by atomic mass is 16.3. The molecule has 4 aromatic rings. The van der Waals surface area contributed by atoms with Crippen LogP contribution in [0.15, 0.2) is 47.2 Å². The Morgan fingerprint density at radius 2 is 2.21 bits per heavy atom. The largest absolute Gasteiger partial charge is 0.464 e. The molecule has 0 unspecified atom stereocenters. The molecule has 4 rings (SSSR count). The van der Waals surface area contributed by atoms with Crippen LogP contribution in [0.4, 0.5) is 23.0 Å². The number of rotatable bonds is 6. The Morgan fingerprint density at radius 3 is 3.04 bits per heavy atom. The van der Waals surface area contributed by atoms with Crippen LogP contribution in [0.2, 0.25) is 0 Å². The van der Waals surface area contributed by atoms with Gasteiger partial charge in [0.05, 0.1) is 24.2 Å². The van der Waals surface area contributed by atoms with Crippen LogP contribution in [0.5, 0.6) is 0 Å². The van der Waals surface area contributed by atoms with Crippen molar-refractivity contribution in [2.24, 2.45) is 0 Å². The maximum Gasteiger partial charge on any atom is 0.225 e. The zero-order chi connectivity index (χ0) is 19.5. The third-order valence-corrected chi connectivity index (χ3v) is 4.22. The molecule has 1 aromatic carbocycles. The lowest BCUT2D eigenvalue weighted by molar-refractivity contribution is -0.116. The zero-order valence-corrected chi connectivity index (χ0v) is 15.1. The van der Waals surface area contributed by atoms with E-state index in [-0.39, 0.29) is 18.7 Å². The van der Waals surface area contributed by atoms with Gasteiger partial charge >= 0.3 is 0 Å². The first-order valence-electron chi connectivity index (χ1n) is 8.66. The molecule has 0 saturated heterocycles. The SMILES string of the molecule is CNc1cc(Nc2cccc3occc23)nc2c(NC(=O)CCC#N)cnn12. The van der Waals surface area contributed by atoms with Crippen molar-refractivity contribution in [3.8, 4) is 6.07 Å². The number of benzene rings is 1. The summed E-state index contributed by atoms with van der Waals surface area (Å²) < 4.78 is 7.04. The standard InChI is InChI=1S/C19H17N7O2/c1-21-17-10-16(23-13-4-2-5-15-12(13)7-9-28-15)25-19-14(11-22-26(17)19)24-18(27)6-3-8-20/h2,4-5,7,9-11,21H,3,6H2,1H3,(H,23,25)(H,24,27). The summed E-state index contributed by atoms with van der Waals surface area (Å²) in [5.41, 5.74) is 2.59. The quantitative estimate of drug-likeness (QED) is 0.471. The van der Waals surface area contributed by atoms with Crippen LogP contribution < -0.4 is 16.0 Å². The molecule has 3 heterocycles. The summed E-state index contributed by atoms with van der Waals surface area (Å²) in [7, 11) is 1.78. The molecule has 0 fully saturated rings. The first kappa shape index (κ1) is 17.4. The lowest BCUT2D eigenvalue weighted by Gasteiger charge is -2.11. The molecule has 0 atom stereocenters. The van der Waals surface area contributed by atoms with Crippen molar-refractivity contribution < 1.29 is 9.21 Å². The fourth-order valence-corrected chi connectivity index (χ4v) is 2.92. The summed E-state index contributed by atoms with van der Waals surface area (Å²) in [6.07, 6.45) is 3.44. The minimum Gasteiger partial charge on any atom is -0.464 e. The van der Waals surface area contributed by atoms with E-state index >= 15 is 0 Å². The average molecular weight is 375 g/mol. The molecule has 9 heteroatoms. The van der Waals surface area contributed by atoms with Crippen molar-refractivity contribution in [3.63, 3.8) is 0 Å². The van der Waals surface area contributed by atoms with Crippen molar-refractivity contribution in [3.05, 3.63) is 42.8 Å². The van der Waals surface area contributed by atoms with E-state index in [1.807, 2.05) is 36.4 Å². The number of fused-ring (bicyclic) bond motifs is 2. The van der Waals surface area contributed by atoms with Gasteiger partial charge in [0, 0.05) is 31.3 Å². The number of carbonyl (C=O) groups is 1. The van der Waals surface area contributed by atoms with E-state index < -0.39 is 0 Å². The second-order valence-corrected chi connectivity index (χ2v) is 6.04. The lowest BCUT2D eigenvalue weighted by atomic mass is 10.2. The molecule has 28 heavy (non-hydrogen) atoms. The van der Waals surface area contributed by atoms with E-state index in [2.05, 4.69) is 26.0 Å². The van der Waals surface area contributed by atoms with Gasteiger partial charge < -0.3 is 20.4 Å². The normalized spacial score (nSPS) is 10.7. The number of furan rings is 1. The molecule has 0 aliphatic carbocycles. The maximum absolute atomic E-state index is 12.0. The van der Waals surface area contributed by atoms with Crippen LogP contribution in [-0.4, -0.2) is 27.6 Å². The van der Waals surface area contributed by atoms with Gasteiger partial charge in [0.2, 0.25) is 5.91 Å². The van der Waals surface area contributed by atoms with Crippen LogP contribution in [0.25, 0.3) is 16.6 Å². The summed E-state index contributed by atoms with van der Waals surface area (Å²) >= 11 is 0. The van der Waals surface area contributed by atoms with Gasteiger partial charge in [0.15, 0.2) is 5.65 Å². The zero-order valence-electron chi connectivity index (χ0n) is 15.1. The second kappa shape index (κ2) is 7.28. The Morgan fingerprint density at radius 1 is 1.32 bits per heavy atom. The fourth-order valence-electron chi connectivity index (χ4n) is 2.92. The van der Waals surface area contributed by atoms with Crippen LogP contribution in [0.3, 0.4) is 0 Å². The first-order valence-corrected chi connectivity index (χ1v) is 8.66. The smallest absolute Gasteiger partial charge is 0.225 e. The van der Waals surface area contributed by atoms with Crippen LogP contribution in [0, 0.1) is 11.3 Å². The van der Waals surface area contributed by atoms with Crippen molar-refractivity contribution in [2.75, 3.05) is 23.0 Å². The number of amides is 1. The average Bonchev–Trinajstić information content (AvgIpc) is 3.34. The molecular formula is C19H17N7O2. The number of nitrogens with one attached hydrogen (secondary N) is 3. The van der Waals surface area contributed by atoms with E-state index in [0.29, 0.717) is 23.0 Å². The number of hydrogen-bond donors (Lipinski definition) is 3. The molecule has 140 valence electrons. The van der Waals surface area contributed by atoms with E-state index in [1.165, 1.54) is 6.20 Å². The predicted molar refractivity (Wildman–Crippen MR) is 106 cm³/mol. The lowest BCUT2D eigenvalue weighted by Crippen LogP contribution is -2.11. The van der Waals surface area contributed by atoms with Crippen molar-refractivity contribution >= 4 is 45.5 Å². The van der Waals surface area contributed by atoms with E-state index in [0.717, 1.165) is 16.7 Å². The van der Waals surface area contributed by atoms with Gasteiger partial charge in [0.1, 0.15) is 22.9 Å². The van der Waals surface area contributed by atoms with Gasteiger partial charge in [-0.3, -0.25) is 4.79 Å². The first-order chi connectivity index (χ1) is 13.7. The molecular weight excluding hydrogens is 358 g/mol.